The second-order valence-electron chi connectivity index (χ2n) is 9.16. The number of hydrogen-bond acceptors (Lipinski definition) is 6. The van der Waals surface area contributed by atoms with Gasteiger partial charge >= 0.3 is 5.97 Å². The number of benzene rings is 2. The van der Waals surface area contributed by atoms with Gasteiger partial charge < -0.3 is 14.6 Å². The van der Waals surface area contributed by atoms with Crippen LogP contribution in [0, 0.1) is 11.7 Å². The Morgan fingerprint density at radius 1 is 1.21 bits per heavy atom. The Bertz CT molecular complexity index is 1370. The Balaban J connectivity index is 1.44. The van der Waals surface area contributed by atoms with Crippen LogP contribution >= 0.6 is 34.5 Å². The van der Waals surface area contributed by atoms with Crippen LogP contribution < -0.4 is 5.32 Å². The number of anilines is 1. The molecular formula is C28H27Cl2FN2O5S. The van der Waals surface area contributed by atoms with Crippen LogP contribution in [0.3, 0.4) is 0 Å². The van der Waals surface area contributed by atoms with Crippen molar-refractivity contribution in [2.75, 3.05) is 19.0 Å². The third kappa shape index (κ3) is 7.36. The van der Waals surface area contributed by atoms with Crippen LogP contribution in [0.5, 0.6) is 0 Å². The summed E-state index contributed by atoms with van der Waals surface area (Å²) >= 11 is 13.7. The Morgan fingerprint density at radius 3 is 2.59 bits per heavy atom. The molecule has 0 unspecified atom stereocenters. The summed E-state index contributed by atoms with van der Waals surface area (Å²) in [5.41, 5.74) is 1.50. The van der Waals surface area contributed by atoms with Crippen LogP contribution in [0.4, 0.5) is 9.52 Å². The lowest BCUT2D eigenvalue weighted by Crippen LogP contribution is -2.13. The molecule has 39 heavy (non-hydrogen) atoms. The highest BCUT2D eigenvalue weighted by molar-refractivity contribution is 7.14. The van der Waals surface area contributed by atoms with Gasteiger partial charge in [0.1, 0.15) is 5.82 Å². The summed E-state index contributed by atoms with van der Waals surface area (Å²) in [6.07, 6.45) is 7.23. The first-order valence-corrected chi connectivity index (χ1v) is 14.0. The average Bonchev–Trinajstić information content (AvgIpc) is 3.37. The second kappa shape index (κ2) is 13.4. The predicted molar refractivity (Wildman–Crippen MR) is 151 cm³/mol. The van der Waals surface area contributed by atoms with E-state index in [1.54, 1.807) is 23.6 Å². The number of carbonyl (C=O) groups excluding carboxylic acids is 1. The van der Waals surface area contributed by atoms with E-state index in [-0.39, 0.29) is 38.7 Å². The van der Waals surface area contributed by atoms with Crippen molar-refractivity contribution in [2.45, 2.75) is 38.7 Å². The van der Waals surface area contributed by atoms with Crippen LogP contribution in [0.15, 0.2) is 41.5 Å². The highest BCUT2D eigenvalue weighted by Gasteiger charge is 2.19. The van der Waals surface area contributed by atoms with E-state index >= 15 is 4.39 Å². The van der Waals surface area contributed by atoms with Gasteiger partial charge in [-0.05, 0) is 43.0 Å². The predicted octanol–water partition coefficient (Wildman–Crippen LogP) is 7.68. The normalized spacial score (nSPS) is 14.3. The molecule has 3 aromatic rings. The Labute approximate surface area is 239 Å². The van der Waals surface area contributed by atoms with E-state index in [9.17, 15) is 9.59 Å². The number of thiazole rings is 1. The van der Waals surface area contributed by atoms with E-state index in [0.29, 0.717) is 29.3 Å². The molecule has 2 N–H and O–H groups in total. The molecule has 1 aliphatic carbocycles. The molecule has 1 saturated carbocycles. The third-order valence-corrected chi connectivity index (χ3v) is 7.85. The van der Waals surface area contributed by atoms with E-state index in [2.05, 4.69) is 10.3 Å². The van der Waals surface area contributed by atoms with Crippen molar-refractivity contribution in [3.8, 4) is 11.3 Å². The fourth-order valence-electron chi connectivity index (χ4n) is 4.39. The van der Waals surface area contributed by atoms with Crippen molar-refractivity contribution in [3.05, 3.63) is 74.0 Å². The first-order chi connectivity index (χ1) is 18.8. The molecule has 2 aromatic carbocycles. The maximum absolute atomic E-state index is 15.3. The molecular weight excluding hydrogens is 566 g/mol. The van der Waals surface area contributed by atoms with Crippen molar-refractivity contribution >= 4 is 57.6 Å². The van der Waals surface area contributed by atoms with Crippen molar-refractivity contribution in [2.24, 2.45) is 5.92 Å². The number of nitrogens with zero attached hydrogens (tertiary/aromatic N) is 1. The number of carbonyl (C=O) groups is 2. The van der Waals surface area contributed by atoms with Crippen LogP contribution in [-0.4, -0.2) is 35.7 Å². The Kier molecular flexibility index (Phi) is 9.96. The summed E-state index contributed by atoms with van der Waals surface area (Å²) < 4.78 is 25.9. The lowest BCUT2D eigenvalue weighted by Gasteiger charge is -2.21. The number of halogens is 3. The number of aliphatic carboxylic acids is 1. The van der Waals surface area contributed by atoms with Gasteiger partial charge in [-0.25, -0.2) is 14.2 Å². The van der Waals surface area contributed by atoms with Crippen molar-refractivity contribution in [1.82, 2.24) is 4.98 Å². The maximum Gasteiger partial charge on any atom is 0.371 e. The summed E-state index contributed by atoms with van der Waals surface area (Å²) in [6, 6.07) is 7.81. The monoisotopic (exact) mass is 592 g/mol. The molecule has 0 spiro atoms. The van der Waals surface area contributed by atoms with E-state index in [0.717, 1.165) is 24.2 Å². The van der Waals surface area contributed by atoms with E-state index in [4.69, 9.17) is 37.8 Å². The van der Waals surface area contributed by atoms with E-state index < -0.39 is 17.7 Å². The minimum Gasteiger partial charge on any atom is -0.490 e. The molecule has 0 bridgehead atoms. The molecule has 0 radical (unpaired) electrons. The van der Waals surface area contributed by atoms with Crippen molar-refractivity contribution < 1.29 is 28.6 Å². The van der Waals surface area contributed by atoms with Gasteiger partial charge in [0.05, 0.1) is 29.5 Å². The molecule has 1 aliphatic rings. The highest BCUT2D eigenvalue weighted by atomic mass is 35.5. The zero-order valence-electron chi connectivity index (χ0n) is 21.1. The number of nitrogens with one attached hydrogen (secondary N) is 1. The highest BCUT2D eigenvalue weighted by Crippen LogP contribution is 2.32. The minimum absolute atomic E-state index is 0.0628. The first-order valence-electron chi connectivity index (χ1n) is 12.4. The van der Waals surface area contributed by atoms with Gasteiger partial charge in [0.15, 0.2) is 5.13 Å². The number of methoxy groups -OCH3 is 1. The fraction of sp³-hybridized carbons (Fsp3) is 0.321. The average molecular weight is 594 g/mol. The molecule has 11 heteroatoms. The minimum atomic E-state index is -1.29. The quantitative estimate of drug-likeness (QED) is 0.185. The maximum atomic E-state index is 15.3. The molecule has 0 aliphatic heterocycles. The molecule has 1 aromatic heterocycles. The largest absolute Gasteiger partial charge is 0.490 e. The molecule has 0 saturated heterocycles. The van der Waals surface area contributed by atoms with Gasteiger partial charge in [0.2, 0.25) is 5.76 Å². The summed E-state index contributed by atoms with van der Waals surface area (Å²) in [5.74, 6) is -2.05. The lowest BCUT2D eigenvalue weighted by molar-refractivity contribution is -0.135. The molecule has 4 rings (SSSR count). The standard InChI is InChI=1S/C28H27Cl2FN2O5S/c1-37-24(27(35)36)12-20-21(29)10-18(11-22(20)30)26(34)33-28-32-23(15-39-28)19-9-5-8-17(25(19)31)14-38-13-16-6-3-2-4-7-16/h5,8-12,15-16H,2-4,6-7,13-14H2,1H3,(H,35,36)(H,32,33,34)/b24-12-. The van der Waals surface area contributed by atoms with Crippen LogP contribution in [-0.2, 0) is 20.9 Å². The Hall–Kier alpha value is -2.98. The summed E-state index contributed by atoms with van der Waals surface area (Å²) in [7, 11) is 1.21. The van der Waals surface area contributed by atoms with Crippen molar-refractivity contribution in [3.63, 3.8) is 0 Å². The number of carboxylic acid groups (broad SMARTS) is 1. The molecule has 7 nitrogen and oxygen atoms in total. The zero-order valence-corrected chi connectivity index (χ0v) is 23.5. The molecule has 0 atom stereocenters. The number of amides is 1. The number of carboxylic acids is 1. The Morgan fingerprint density at radius 2 is 1.92 bits per heavy atom. The van der Waals surface area contributed by atoms with Crippen LogP contribution in [0.25, 0.3) is 17.3 Å². The van der Waals surface area contributed by atoms with E-state index in [1.165, 1.54) is 44.6 Å². The number of hydrogen-bond donors (Lipinski definition) is 2. The number of rotatable bonds is 10. The van der Waals surface area contributed by atoms with Crippen molar-refractivity contribution in [1.29, 1.82) is 0 Å². The molecule has 1 amide bonds. The van der Waals surface area contributed by atoms with E-state index in [1.807, 2.05) is 0 Å². The smallest absolute Gasteiger partial charge is 0.371 e. The molecule has 206 valence electrons. The lowest BCUT2D eigenvalue weighted by atomic mass is 9.90. The SMILES string of the molecule is CO/C(=C\c1c(Cl)cc(C(=O)Nc2nc(-c3cccc(COCC4CCCCC4)c3F)cs2)cc1Cl)C(=O)O. The van der Waals surface area contributed by atoms with Gasteiger partial charge in [-0.2, -0.15) is 0 Å². The van der Waals surface area contributed by atoms with Gasteiger partial charge in [-0.1, -0.05) is 54.6 Å². The molecule has 1 fully saturated rings. The van der Waals surface area contributed by atoms with Gasteiger partial charge in [-0.15, -0.1) is 11.3 Å². The second-order valence-corrected chi connectivity index (χ2v) is 10.8. The summed E-state index contributed by atoms with van der Waals surface area (Å²) in [6.45, 7) is 0.823. The summed E-state index contributed by atoms with van der Waals surface area (Å²) in [5, 5.41) is 13.9. The molecule has 1 heterocycles. The zero-order chi connectivity index (χ0) is 27.9. The topological polar surface area (TPSA) is 97.8 Å². The number of aromatic nitrogens is 1. The fourth-order valence-corrected chi connectivity index (χ4v) is 5.70. The van der Waals surface area contributed by atoms with Gasteiger partial charge in [0, 0.05) is 34.2 Å². The summed E-state index contributed by atoms with van der Waals surface area (Å²) in [4.78, 5) is 28.4. The van der Waals surface area contributed by atoms with Crippen LogP contribution in [0.2, 0.25) is 10.0 Å². The van der Waals surface area contributed by atoms with Gasteiger partial charge in [0.25, 0.3) is 5.91 Å². The van der Waals surface area contributed by atoms with Gasteiger partial charge in [-0.3, -0.25) is 10.1 Å². The number of ether oxygens (including phenoxy) is 2. The first kappa shape index (κ1) is 29.0. The van der Waals surface area contributed by atoms with Crippen LogP contribution in [0.1, 0.15) is 53.6 Å². The third-order valence-electron chi connectivity index (χ3n) is 6.46.